The van der Waals surface area contributed by atoms with Crippen LogP contribution >= 0.6 is 22.7 Å². The van der Waals surface area contributed by atoms with Gasteiger partial charge in [0.15, 0.2) is 0 Å². The van der Waals surface area contributed by atoms with Crippen LogP contribution in [0.2, 0.25) is 0 Å². The van der Waals surface area contributed by atoms with Crippen molar-refractivity contribution in [1.29, 1.82) is 0 Å². The molecule has 0 bridgehead atoms. The highest BCUT2D eigenvalue weighted by Gasteiger charge is 2.37. The summed E-state index contributed by atoms with van der Waals surface area (Å²) >= 11 is 2.58. The van der Waals surface area contributed by atoms with Crippen LogP contribution in [0.5, 0.6) is 0 Å². The number of aryl methyl sites for hydroxylation is 2. The van der Waals surface area contributed by atoms with E-state index in [-0.39, 0.29) is 22.7 Å². The average molecular weight is 422 g/mol. The van der Waals surface area contributed by atoms with Crippen molar-refractivity contribution in [2.45, 2.75) is 31.5 Å². The van der Waals surface area contributed by atoms with Crippen molar-refractivity contribution < 1.29 is 26.1 Å². The van der Waals surface area contributed by atoms with Gasteiger partial charge in [0.25, 0.3) is 0 Å². The Kier molecular flexibility index (Phi) is 4.99. The second-order valence-electron chi connectivity index (χ2n) is 5.40. The lowest BCUT2D eigenvalue weighted by molar-refractivity contribution is -0.155. The second-order valence-corrected chi connectivity index (χ2v) is 9.56. The minimum atomic E-state index is -4.69. The normalized spacial score (nSPS) is 12.7. The first-order valence-electron chi connectivity index (χ1n) is 7.26. The Hall–Kier alpha value is -1.69. The van der Waals surface area contributed by atoms with Gasteiger partial charge in [-0.05, 0) is 25.3 Å². The lowest BCUT2D eigenvalue weighted by atomic mass is 10.1. The molecule has 140 valence electrons. The van der Waals surface area contributed by atoms with Crippen LogP contribution in [0.4, 0.5) is 13.2 Å². The summed E-state index contributed by atoms with van der Waals surface area (Å²) in [6, 6.07) is 4.30. The minimum absolute atomic E-state index is 0.0708. The predicted molar refractivity (Wildman–Crippen MR) is 92.6 cm³/mol. The smallest absolute Gasteiger partial charge is 0.351 e. The molecule has 3 rings (SSSR count). The zero-order valence-electron chi connectivity index (χ0n) is 13.5. The largest absolute Gasteiger partial charge is 0.452 e. The van der Waals surface area contributed by atoms with E-state index in [9.17, 15) is 21.6 Å². The molecule has 0 unspecified atom stereocenters. The van der Waals surface area contributed by atoms with Gasteiger partial charge in [-0.2, -0.15) is 13.2 Å². The maximum absolute atomic E-state index is 12.8. The van der Waals surface area contributed by atoms with Gasteiger partial charge in [0, 0.05) is 32.8 Å². The average Bonchev–Trinajstić information content (AvgIpc) is 3.23. The first-order chi connectivity index (χ1) is 12.1. The second kappa shape index (κ2) is 6.80. The van der Waals surface area contributed by atoms with Crippen LogP contribution in [0, 0.1) is 13.8 Å². The molecule has 26 heavy (non-hydrogen) atoms. The molecule has 0 aliphatic heterocycles. The van der Waals surface area contributed by atoms with E-state index in [2.05, 4.69) is 14.4 Å². The molecule has 0 fully saturated rings. The highest BCUT2D eigenvalue weighted by atomic mass is 32.2. The fourth-order valence-electron chi connectivity index (χ4n) is 2.46. The first kappa shape index (κ1) is 19.1. The van der Waals surface area contributed by atoms with Crippen molar-refractivity contribution in [2.24, 2.45) is 0 Å². The molecule has 0 radical (unpaired) electrons. The van der Waals surface area contributed by atoms with Crippen molar-refractivity contribution in [3.05, 3.63) is 44.0 Å². The van der Waals surface area contributed by atoms with Gasteiger partial charge in [-0.25, -0.2) is 13.1 Å². The highest BCUT2D eigenvalue weighted by Crippen LogP contribution is 2.40. The quantitative estimate of drug-likeness (QED) is 0.653. The molecule has 0 aromatic carbocycles. The number of nitrogens with zero attached hydrogens (tertiary/aromatic N) is 1. The Morgan fingerprint density at radius 1 is 1.27 bits per heavy atom. The molecule has 1 N–H and O–H groups in total. The van der Waals surface area contributed by atoms with Crippen LogP contribution in [0.1, 0.15) is 20.4 Å². The summed E-state index contributed by atoms with van der Waals surface area (Å²) in [4.78, 5) is 1.76. The molecule has 0 aliphatic rings. The highest BCUT2D eigenvalue weighted by molar-refractivity contribution is 7.89. The van der Waals surface area contributed by atoms with Gasteiger partial charge in [0.1, 0.15) is 10.6 Å². The van der Waals surface area contributed by atoms with Gasteiger partial charge < -0.3 is 4.52 Å². The third-order valence-corrected chi connectivity index (χ3v) is 7.13. The molecule has 0 amide bonds. The van der Waals surface area contributed by atoms with E-state index in [1.54, 1.807) is 26.0 Å². The van der Waals surface area contributed by atoms with E-state index in [0.717, 1.165) is 4.88 Å². The number of sulfonamides is 1. The molecule has 3 aromatic heterocycles. The van der Waals surface area contributed by atoms with E-state index in [0.29, 0.717) is 15.8 Å². The van der Waals surface area contributed by atoms with Gasteiger partial charge in [-0.3, -0.25) is 0 Å². The topological polar surface area (TPSA) is 72.2 Å². The Balaban J connectivity index is 2.02. The van der Waals surface area contributed by atoms with Crippen molar-refractivity contribution in [2.75, 3.05) is 0 Å². The number of alkyl halides is 3. The summed E-state index contributed by atoms with van der Waals surface area (Å²) in [5.74, 6) is -1.27. The third-order valence-electron chi connectivity index (χ3n) is 3.54. The molecule has 0 aliphatic carbocycles. The molecule has 11 heteroatoms. The molecular formula is C15H13F3N2O3S3. The predicted octanol–water partition coefficient (Wildman–Crippen LogP) is 4.58. The Morgan fingerprint density at radius 3 is 2.58 bits per heavy atom. The molecule has 0 spiro atoms. The van der Waals surface area contributed by atoms with Crippen molar-refractivity contribution in [3.63, 3.8) is 0 Å². The van der Waals surface area contributed by atoms with Crippen LogP contribution < -0.4 is 4.72 Å². The standard InChI is InChI=1S/C15H13F3N2O3S3/c1-8-13(11-6-12(23-20-11)15(16,17)18)14(9(2)25-8)26(21,22)19-7-10-4-3-5-24-10/h3-6,19H,7H2,1-2H3. The van der Waals surface area contributed by atoms with E-state index >= 15 is 0 Å². The summed E-state index contributed by atoms with van der Waals surface area (Å²) in [5, 5.41) is 5.26. The van der Waals surface area contributed by atoms with Gasteiger partial charge in [0.2, 0.25) is 15.8 Å². The number of rotatable bonds is 5. The zero-order valence-corrected chi connectivity index (χ0v) is 16.0. The fraction of sp³-hybridized carbons (Fsp3) is 0.267. The number of thiophene rings is 2. The molecule has 0 saturated heterocycles. The fourth-order valence-corrected chi connectivity index (χ4v) is 6.07. The van der Waals surface area contributed by atoms with Crippen molar-refractivity contribution in [1.82, 2.24) is 9.88 Å². The minimum Gasteiger partial charge on any atom is -0.351 e. The lowest BCUT2D eigenvalue weighted by Crippen LogP contribution is -2.23. The lowest BCUT2D eigenvalue weighted by Gasteiger charge is -2.08. The SMILES string of the molecule is Cc1sc(C)c(S(=O)(=O)NCc2cccs2)c1-c1cc(C(F)(F)F)on1. The monoisotopic (exact) mass is 422 g/mol. The third kappa shape index (κ3) is 3.70. The van der Waals surface area contributed by atoms with E-state index < -0.39 is 22.0 Å². The molecule has 3 heterocycles. The molecule has 3 aromatic rings. The van der Waals surface area contributed by atoms with Crippen LogP contribution in [-0.2, 0) is 22.7 Å². The van der Waals surface area contributed by atoms with Crippen molar-refractivity contribution in [3.8, 4) is 11.3 Å². The van der Waals surface area contributed by atoms with Crippen LogP contribution in [0.15, 0.2) is 33.0 Å². The Labute approximate surface area is 155 Å². The van der Waals surface area contributed by atoms with Gasteiger partial charge in [-0.15, -0.1) is 22.7 Å². The van der Waals surface area contributed by atoms with Gasteiger partial charge in [0.05, 0.1) is 0 Å². The van der Waals surface area contributed by atoms with Gasteiger partial charge in [-0.1, -0.05) is 11.2 Å². The van der Waals surface area contributed by atoms with Crippen LogP contribution in [0.25, 0.3) is 11.3 Å². The van der Waals surface area contributed by atoms with Crippen molar-refractivity contribution >= 4 is 32.7 Å². The van der Waals surface area contributed by atoms with Gasteiger partial charge >= 0.3 is 6.18 Å². The summed E-state index contributed by atoms with van der Waals surface area (Å²) in [7, 11) is -3.95. The number of aromatic nitrogens is 1. The first-order valence-corrected chi connectivity index (χ1v) is 10.4. The summed E-state index contributed by atoms with van der Waals surface area (Å²) in [6.45, 7) is 3.33. The molecule has 5 nitrogen and oxygen atoms in total. The Bertz CT molecular complexity index is 1020. The number of hydrogen-bond acceptors (Lipinski definition) is 6. The maximum atomic E-state index is 12.8. The number of halogens is 3. The number of hydrogen-bond donors (Lipinski definition) is 1. The number of nitrogens with one attached hydrogen (secondary N) is 1. The Morgan fingerprint density at radius 2 is 2.00 bits per heavy atom. The van der Waals surface area contributed by atoms with E-state index in [4.69, 9.17) is 0 Å². The molecule has 0 saturated carbocycles. The summed E-state index contributed by atoms with van der Waals surface area (Å²) < 4.78 is 70.7. The summed E-state index contributed by atoms with van der Waals surface area (Å²) in [6.07, 6.45) is -4.69. The summed E-state index contributed by atoms with van der Waals surface area (Å²) in [5.41, 5.74) is -0.0268. The maximum Gasteiger partial charge on any atom is 0.452 e. The molecular weight excluding hydrogens is 409 g/mol. The zero-order chi connectivity index (χ0) is 19.1. The van der Waals surface area contributed by atoms with Crippen LogP contribution in [-0.4, -0.2) is 13.6 Å². The van der Waals surface area contributed by atoms with E-state index in [1.807, 2.05) is 5.38 Å². The molecule has 0 atom stereocenters. The van der Waals surface area contributed by atoms with Crippen LogP contribution in [0.3, 0.4) is 0 Å². The van der Waals surface area contributed by atoms with E-state index in [1.165, 1.54) is 22.7 Å².